The van der Waals surface area contributed by atoms with Crippen molar-refractivity contribution in [1.82, 2.24) is 0 Å². The summed E-state index contributed by atoms with van der Waals surface area (Å²) in [5.41, 5.74) is -1.63. The van der Waals surface area contributed by atoms with Crippen LogP contribution in [0.2, 0.25) is 0 Å². The van der Waals surface area contributed by atoms with Gasteiger partial charge in [0.15, 0.2) is 6.29 Å². The van der Waals surface area contributed by atoms with Gasteiger partial charge in [-0.1, -0.05) is 57.6 Å². The molecule has 5 unspecified atom stereocenters. The molecule has 5 nitrogen and oxygen atoms in total. The van der Waals surface area contributed by atoms with Crippen molar-refractivity contribution < 1.29 is 24.5 Å². The van der Waals surface area contributed by atoms with Crippen molar-refractivity contribution in [2.24, 2.45) is 16.7 Å². The molecular weight excluding hydrogens is 356 g/mol. The van der Waals surface area contributed by atoms with Gasteiger partial charge in [0, 0.05) is 17.4 Å². The van der Waals surface area contributed by atoms with Gasteiger partial charge in [-0.05, 0) is 36.8 Å². The van der Waals surface area contributed by atoms with Crippen molar-refractivity contribution in [2.45, 2.75) is 65.0 Å². The number of aliphatic hydroxyl groups is 2. The molecule has 0 amide bonds. The second-order valence-electron chi connectivity index (χ2n) is 9.03. The maximum Gasteiger partial charge on any atom is 0.331 e. The van der Waals surface area contributed by atoms with Crippen LogP contribution in [-0.4, -0.2) is 40.8 Å². The summed E-state index contributed by atoms with van der Waals surface area (Å²) in [4.78, 5) is 12.4. The molecular formula is C23H32O5. The third kappa shape index (κ3) is 3.30. The summed E-state index contributed by atoms with van der Waals surface area (Å²) in [6.45, 7) is 8.37. The topological polar surface area (TPSA) is 76.0 Å². The molecule has 5 atom stereocenters. The fourth-order valence-corrected chi connectivity index (χ4v) is 5.64. The van der Waals surface area contributed by atoms with Crippen LogP contribution in [0.25, 0.3) is 0 Å². The number of aliphatic hydroxyl groups excluding tert-OH is 1. The van der Waals surface area contributed by atoms with Gasteiger partial charge in [-0.3, -0.25) is 0 Å². The standard InChI is InChI=1S/C23H32O5/c1-5-6-7-8-9-11-18(24)28-17-14-16-15-27-20(25)23(16,26)22(4)13-10-12-21(2,3)19(17)22/h5-9,11,14,17,19-20,25-26H,10,12-13,15H2,1-4H3/b6-5+,8-7+,11-9+. The molecule has 3 aliphatic rings. The molecule has 0 spiro atoms. The second-order valence-corrected chi connectivity index (χ2v) is 9.03. The van der Waals surface area contributed by atoms with Gasteiger partial charge in [0.1, 0.15) is 11.7 Å². The van der Waals surface area contributed by atoms with Crippen molar-refractivity contribution in [3.63, 3.8) is 0 Å². The fraction of sp³-hybridized carbons (Fsp3) is 0.609. The van der Waals surface area contributed by atoms with Crippen LogP contribution in [0, 0.1) is 16.7 Å². The molecule has 1 heterocycles. The first-order valence-corrected chi connectivity index (χ1v) is 10.1. The lowest BCUT2D eigenvalue weighted by Crippen LogP contribution is -2.65. The maximum atomic E-state index is 12.4. The summed E-state index contributed by atoms with van der Waals surface area (Å²) in [7, 11) is 0. The molecule has 154 valence electrons. The Kier molecular flexibility index (Phi) is 5.72. The summed E-state index contributed by atoms with van der Waals surface area (Å²) in [5.74, 6) is -0.546. The number of hydrogen-bond donors (Lipinski definition) is 2. The van der Waals surface area contributed by atoms with Crippen LogP contribution in [0.3, 0.4) is 0 Å². The van der Waals surface area contributed by atoms with E-state index in [0.717, 1.165) is 19.3 Å². The van der Waals surface area contributed by atoms with Crippen molar-refractivity contribution in [2.75, 3.05) is 6.61 Å². The van der Waals surface area contributed by atoms with Gasteiger partial charge in [-0.25, -0.2) is 4.79 Å². The highest BCUT2D eigenvalue weighted by Gasteiger charge is 2.68. The molecule has 0 bridgehead atoms. The van der Waals surface area contributed by atoms with Crippen LogP contribution in [0.15, 0.2) is 48.1 Å². The predicted molar refractivity (Wildman–Crippen MR) is 107 cm³/mol. The Hall–Kier alpha value is -1.69. The van der Waals surface area contributed by atoms with E-state index in [2.05, 4.69) is 13.8 Å². The number of rotatable bonds is 4. The zero-order valence-electron chi connectivity index (χ0n) is 17.2. The predicted octanol–water partition coefficient (Wildman–Crippen LogP) is 3.44. The zero-order valence-corrected chi connectivity index (χ0v) is 17.2. The number of allylic oxidation sites excluding steroid dienone is 5. The van der Waals surface area contributed by atoms with E-state index in [-0.39, 0.29) is 17.9 Å². The second kappa shape index (κ2) is 7.62. The Labute approximate surface area is 167 Å². The summed E-state index contributed by atoms with van der Waals surface area (Å²) in [5, 5.41) is 22.0. The number of hydrogen-bond acceptors (Lipinski definition) is 5. The van der Waals surface area contributed by atoms with E-state index in [1.807, 2.05) is 32.1 Å². The molecule has 5 heteroatoms. The van der Waals surface area contributed by atoms with E-state index in [9.17, 15) is 15.0 Å². The third-order valence-corrected chi connectivity index (χ3v) is 6.86. The Balaban J connectivity index is 1.92. The van der Waals surface area contributed by atoms with Gasteiger partial charge in [0.25, 0.3) is 0 Å². The summed E-state index contributed by atoms with van der Waals surface area (Å²) in [6.07, 6.45) is 13.2. The Morgan fingerprint density at radius 2 is 1.93 bits per heavy atom. The van der Waals surface area contributed by atoms with Crippen LogP contribution in [0.4, 0.5) is 0 Å². The first-order valence-electron chi connectivity index (χ1n) is 10.1. The van der Waals surface area contributed by atoms with Crippen LogP contribution in [0.1, 0.15) is 47.0 Å². The number of ether oxygens (including phenoxy) is 2. The first-order chi connectivity index (χ1) is 13.2. The SMILES string of the molecule is C/C=C/C=C/C=C/C(=O)OC1C=C2COC(O)C2(O)C2(C)CCCC(C)(C)C12. The third-order valence-electron chi connectivity index (χ3n) is 6.86. The van der Waals surface area contributed by atoms with E-state index in [1.165, 1.54) is 6.08 Å². The number of carbonyl (C=O) groups excluding carboxylic acids is 1. The lowest BCUT2D eigenvalue weighted by Gasteiger charge is -2.60. The van der Waals surface area contributed by atoms with Crippen LogP contribution >= 0.6 is 0 Å². The van der Waals surface area contributed by atoms with Crippen molar-refractivity contribution in [3.8, 4) is 0 Å². The zero-order chi connectivity index (χ0) is 20.6. The van der Waals surface area contributed by atoms with Crippen molar-refractivity contribution in [1.29, 1.82) is 0 Å². The Morgan fingerprint density at radius 1 is 1.21 bits per heavy atom. The summed E-state index contributed by atoms with van der Waals surface area (Å²) >= 11 is 0. The highest BCUT2D eigenvalue weighted by molar-refractivity contribution is 5.82. The Morgan fingerprint density at radius 3 is 2.64 bits per heavy atom. The largest absolute Gasteiger partial charge is 0.455 e. The molecule has 2 aliphatic carbocycles. The molecule has 0 aromatic carbocycles. The minimum absolute atomic E-state index is 0.130. The highest BCUT2D eigenvalue weighted by Crippen LogP contribution is 2.63. The smallest absolute Gasteiger partial charge is 0.331 e. The van der Waals surface area contributed by atoms with Gasteiger partial charge < -0.3 is 19.7 Å². The van der Waals surface area contributed by atoms with Crippen LogP contribution in [0.5, 0.6) is 0 Å². The van der Waals surface area contributed by atoms with Gasteiger partial charge in [-0.2, -0.15) is 0 Å². The lowest BCUT2D eigenvalue weighted by atomic mass is 9.46. The molecule has 28 heavy (non-hydrogen) atoms. The molecule has 0 radical (unpaired) electrons. The first kappa shape index (κ1) is 21.0. The highest BCUT2D eigenvalue weighted by atomic mass is 16.6. The van der Waals surface area contributed by atoms with E-state index >= 15 is 0 Å². The fourth-order valence-electron chi connectivity index (χ4n) is 5.64. The average molecular weight is 389 g/mol. The normalized spacial score (nSPS) is 39.9. The van der Waals surface area contributed by atoms with Gasteiger partial charge in [0.2, 0.25) is 0 Å². The monoisotopic (exact) mass is 388 g/mol. The van der Waals surface area contributed by atoms with E-state index in [1.54, 1.807) is 18.2 Å². The number of carbonyl (C=O) groups is 1. The van der Waals surface area contributed by atoms with Crippen LogP contribution in [-0.2, 0) is 14.3 Å². The summed E-state index contributed by atoms with van der Waals surface area (Å²) < 4.78 is 11.3. The quantitative estimate of drug-likeness (QED) is 0.334. The molecule has 0 aromatic heterocycles. The van der Waals surface area contributed by atoms with Gasteiger partial charge in [0.05, 0.1) is 6.61 Å². The molecule has 3 rings (SSSR count). The minimum atomic E-state index is -1.44. The number of esters is 1. The molecule has 2 fully saturated rings. The van der Waals surface area contributed by atoms with Crippen molar-refractivity contribution in [3.05, 3.63) is 48.1 Å². The Bertz CT molecular complexity index is 731. The lowest BCUT2D eigenvalue weighted by molar-refractivity contribution is -0.244. The average Bonchev–Trinajstić information content (AvgIpc) is 2.90. The van der Waals surface area contributed by atoms with Crippen LogP contribution < -0.4 is 0 Å². The van der Waals surface area contributed by atoms with E-state index < -0.39 is 29.4 Å². The summed E-state index contributed by atoms with van der Waals surface area (Å²) in [6, 6.07) is 0. The van der Waals surface area contributed by atoms with E-state index in [4.69, 9.17) is 9.47 Å². The van der Waals surface area contributed by atoms with Gasteiger partial charge >= 0.3 is 5.97 Å². The molecule has 1 saturated carbocycles. The molecule has 0 aromatic rings. The number of fused-ring (bicyclic) bond motifs is 3. The van der Waals surface area contributed by atoms with Crippen molar-refractivity contribution >= 4 is 5.97 Å². The molecule has 1 saturated heterocycles. The van der Waals surface area contributed by atoms with Gasteiger partial charge in [-0.15, -0.1) is 0 Å². The maximum absolute atomic E-state index is 12.4. The molecule has 2 N–H and O–H groups in total. The van der Waals surface area contributed by atoms with E-state index in [0.29, 0.717) is 5.57 Å². The minimum Gasteiger partial charge on any atom is -0.455 e. The molecule has 1 aliphatic heterocycles.